The van der Waals surface area contributed by atoms with Gasteiger partial charge in [-0.05, 0) is 25.1 Å². The number of nitriles is 1. The fourth-order valence-corrected chi connectivity index (χ4v) is 2.44. The van der Waals surface area contributed by atoms with E-state index in [1.54, 1.807) is 52.5 Å². The Hall–Kier alpha value is -3.67. The van der Waals surface area contributed by atoms with Gasteiger partial charge >= 0.3 is 0 Å². The monoisotopic (exact) mass is 368 g/mol. The Bertz CT molecular complexity index is 1010. The van der Waals surface area contributed by atoms with E-state index in [4.69, 9.17) is 0 Å². The normalized spacial score (nSPS) is 10.7. The zero-order valence-electron chi connectivity index (χ0n) is 15.8. The Morgan fingerprint density at radius 2 is 1.89 bits per heavy atom. The molecule has 0 saturated carbocycles. The summed E-state index contributed by atoms with van der Waals surface area (Å²) in [5.41, 5.74) is 0.295. The van der Waals surface area contributed by atoms with Gasteiger partial charge in [0.1, 0.15) is 11.6 Å². The number of aromatic hydroxyl groups is 1. The van der Waals surface area contributed by atoms with Crippen molar-refractivity contribution in [2.24, 2.45) is 10.2 Å². The van der Waals surface area contributed by atoms with Gasteiger partial charge in [0.2, 0.25) is 5.88 Å². The summed E-state index contributed by atoms with van der Waals surface area (Å²) in [5.74, 6) is -0.642. The van der Waals surface area contributed by atoms with Gasteiger partial charge < -0.3 is 15.0 Å². The number of amides is 1. The number of aromatic nitrogens is 1. The van der Waals surface area contributed by atoms with Crippen molar-refractivity contribution in [3.05, 3.63) is 51.3 Å². The van der Waals surface area contributed by atoms with Crippen LogP contribution >= 0.6 is 0 Å². The minimum atomic E-state index is -0.613. The Morgan fingerprint density at radius 1 is 1.22 bits per heavy atom. The number of carbonyl (C=O) groups excluding carboxylic acids is 1. The largest absolute Gasteiger partial charge is 0.492 e. The summed E-state index contributed by atoms with van der Waals surface area (Å²) in [4.78, 5) is 26.1. The maximum Gasteiger partial charge on any atom is 0.300 e. The topological polar surface area (TPSA) is 114 Å². The number of nitrogens with zero attached hydrogens (tertiary/aromatic N) is 6. The Balaban J connectivity index is 2.57. The van der Waals surface area contributed by atoms with E-state index in [1.165, 1.54) is 16.8 Å². The number of pyridine rings is 1. The second-order valence-electron chi connectivity index (χ2n) is 6.20. The highest BCUT2D eigenvalue weighted by Gasteiger charge is 2.20. The van der Waals surface area contributed by atoms with Crippen molar-refractivity contribution in [2.75, 3.05) is 33.2 Å². The summed E-state index contributed by atoms with van der Waals surface area (Å²) < 4.78 is 0.936. The van der Waals surface area contributed by atoms with Gasteiger partial charge in [0, 0.05) is 39.3 Å². The second kappa shape index (κ2) is 7.70. The third-order valence-corrected chi connectivity index (χ3v) is 3.83. The van der Waals surface area contributed by atoms with E-state index in [0.29, 0.717) is 11.3 Å². The van der Waals surface area contributed by atoms with Crippen LogP contribution in [0.5, 0.6) is 5.88 Å². The van der Waals surface area contributed by atoms with Crippen molar-refractivity contribution >= 4 is 17.3 Å². The average Bonchev–Trinajstić information content (AvgIpc) is 2.61. The average molecular weight is 368 g/mol. The molecular weight excluding hydrogens is 348 g/mol. The minimum Gasteiger partial charge on any atom is -0.492 e. The van der Waals surface area contributed by atoms with E-state index < -0.39 is 11.4 Å². The van der Waals surface area contributed by atoms with E-state index in [9.17, 15) is 20.0 Å². The van der Waals surface area contributed by atoms with Crippen molar-refractivity contribution in [1.29, 1.82) is 5.26 Å². The van der Waals surface area contributed by atoms with E-state index in [-0.39, 0.29) is 22.7 Å². The smallest absolute Gasteiger partial charge is 0.300 e. The Morgan fingerprint density at radius 3 is 2.44 bits per heavy atom. The van der Waals surface area contributed by atoms with Crippen LogP contribution in [0.1, 0.15) is 21.5 Å². The van der Waals surface area contributed by atoms with Crippen molar-refractivity contribution in [2.45, 2.75) is 6.92 Å². The molecule has 1 N–H and O–H groups in total. The third-order valence-electron chi connectivity index (χ3n) is 3.83. The van der Waals surface area contributed by atoms with Crippen LogP contribution in [-0.2, 0) is 0 Å². The molecule has 0 atom stereocenters. The van der Waals surface area contributed by atoms with Gasteiger partial charge in [0.05, 0.1) is 5.69 Å². The van der Waals surface area contributed by atoms with Gasteiger partial charge in [-0.25, -0.2) is 0 Å². The molecule has 1 heterocycles. The lowest BCUT2D eigenvalue weighted by atomic mass is 10.1. The van der Waals surface area contributed by atoms with Gasteiger partial charge in [0.25, 0.3) is 11.5 Å². The highest BCUT2D eigenvalue weighted by atomic mass is 16.3. The molecule has 0 aliphatic heterocycles. The molecule has 0 unspecified atom stereocenters. The summed E-state index contributed by atoms with van der Waals surface area (Å²) in [6.07, 6.45) is 0. The zero-order chi connectivity index (χ0) is 20.3. The van der Waals surface area contributed by atoms with Crippen LogP contribution in [0.3, 0.4) is 0 Å². The molecule has 0 fully saturated rings. The van der Waals surface area contributed by atoms with Crippen molar-refractivity contribution < 1.29 is 9.90 Å². The fraction of sp³-hybridized carbons (Fsp3) is 0.278. The molecule has 0 aliphatic rings. The van der Waals surface area contributed by atoms with E-state index in [2.05, 4.69) is 10.2 Å². The molecule has 0 radical (unpaired) electrons. The van der Waals surface area contributed by atoms with E-state index in [1.807, 2.05) is 6.07 Å². The Kier molecular flexibility index (Phi) is 5.60. The van der Waals surface area contributed by atoms with Crippen LogP contribution in [-0.4, -0.2) is 48.8 Å². The van der Waals surface area contributed by atoms with Crippen LogP contribution in [0.25, 0.3) is 0 Å². The molecule has 140 valence electrons. The Labute approximate surface area is 156 Å². The summed E-state index contributed by atoms with van der Waals surface area (Å²) in [6, 6.07) is 8.38. The first-order valence-corrected chi connectivity index (χ1v) is 7.98. The third kappa shape index (κ3) is 3.79. The lowest BCUT2D eigenvalue weighted by Crippen LogP contribution is -2.36. The molecule has 9 heteroatoms. The van der Waals surface area contributed by atoms with Crippen LogP contribution in [0.2, 0.25) is 0 Å². The van der Waals surface area contributed by atoms with Gasteiger partial charge in [-0.3, -0.25) is 9.59 Å². The number of hydrogen-bond donors (Lipinski definition) is 1. The minimum absolute atomic E-state index is 0.0613. The maximum atomic E-state index is 12.6. The quantitative estimate of drug-likeness (QED) is 0.830. The van der Waals surface area contributed by atoms with Crippen molar-refractivity contribution in [1.82, 2.24) is 9.58 Å². The lowest BCUT2D eigenvalue weighted by Gasteiger charge is -2.19. The first-order chi connectivity index (χ1) is 12.7. The molecular formula is C18H20N6O3. The molecule has 0 saturated heterocycles. The van der Waals surface area contributed by atoms with Gasteiger partial charge in [-0.2, -0.15) is 15.1 Å². The van der Waals surface area contributed by atoms with Crippen LogP contribution in [0, 0.1) is 18.3 Å². The fourth-order valence-electron chi connectivity index (χ4n) is 2.44. The first-order valence-electron chi connectivity index (χ1n) is 7.98. The molecule has 1 amide bonds. The molecule has 2 rings (SSSR count). The number of hydrogen-bond acceptors (Lipinski definition) is 7. The maximum absolute atomic E-state index is 12.6. The van der Waals surface area contributed by atoms with Gasteiger partial charge in [-0.1, -0.05) is 6.07 Å². The molecule has 2 aromatic rings. The molecule has 9 nitrogen and oxygen atoms in total. The standard InChI is InChI=1S/C18H20N6O3/c1-11-14(10-19)17(26)24(23(4)5)18(27)15(11)21-20-13-8-6-7-12(9-13)16(25)22(2)3/h6-9,26H,1-5H3. The second-order valence-corrected chi connectivity index (χ2v) is 6.20. The first kappa shape index (κ1) is 19.7. The highest BCUT2D eigenvalue weighted by Crippen LogP contribution is 2.27. The molecule has 1 aromatic heterocycles. The summed E-state index contributed by atoms with van der Waals surface area (Å²) >= 11 is 0. The predicted octanol–water partition coefficient (Wildman–Crippen LogP) is 2.05. The van der Waals surface area contributed by atoms with Gasteiger partial charge in [0.15, 0.2) is 5.69 Å². The lowest BCUT2D eigenvalue weighted by molar-refractivity contribution is 0.0827. The molecule has 0 bridgehead atoms. The molecule has 0 spiro atoms. The van der Waals surface area contributed by atoms with Crippen LogP contribution < -0.4 is 10.6 Å². The number of carbonyl (C=O) groups is 1. The highest BCUT2D eigenvalue weighted by molar-refractivity contribution is 5.94. The number of rotatable bonds is 4. The van der Waals surface area contributed by atoms with Crippen molar-refractivity contribution in [3.63, 3.8) is 0 Å². The van der Waals surface area contributed by atoms with Crippen LogP contribution in [0.15, 0.2) is 39.3 Å². The van der Waals surface area contributed by atoms with Crippen molar-refractivity contribution in [3.8, 4) is 11.9 Å². The number of azo groups is 1. The SMILES string of the molecule is Cc1c(C#N)c(O)n(N(C)C)c(=O)c1N=Nc1cccc(C(=O)N(C)C)c1. The molecule has 27 heavy (non-hydrogen) atoms. The van der Waals surface area contributed by atoms with Crippen LogP contribution in [0.4, 0.5) is 11.4 Å². The number of benzene rings is 1. The van der Waals surface area contributed by atoms with E-state index in [0.717, 1.165) is 4.68 Å². The predicted molar refractivity (Wildman–Crippen MR) is 101 cm³/mol. The molecule has 0 aliphatic carbocycles. The summed E-state index contributed by atoms with van der Waals surface area (Å²) in [5, 5.41) is 28.8. The van der Waals surface area contributed by atoms with Gasteiger partial charge in [-0.15, -0.1) is 5.11 Å². The molecule has 1 aromatic carbocycles. The summed E-state index contributed by atoms with van der Waals surface area (Å²) in [6.45, 7) is 1.51. The zero-order valence-corrected chi connectivity index (χ0v) is 15.8. The summed E-state index contributed by atoms with van der Waals surface area (Å²) in [7, 11) is 6.39. The van der Waals surface area contributed by atoms with E-state index >= 15 is 0 Å².